The van der Waals surface area contributed by atoms with Gasteiger partial charge in [0, 0.05) is 21.0 Å². The molecule has 0 aliphatic rings. The van der Waals surface area contributed by atoms with E-state index in [1.165, 1.54) is 0 Å². The van der Waals surface area contributed by atoms with E-state index in [4.69, 9.17) is 32.4 Å². The predicted octanol–water partition coefficient (Wildman–Crippen LogP) is 6.65. The number of halogens is 2. The van der Waals surface area contributed by atoms with Gasteiger partial charge < -0.3 is 9.15 Å². The zero-order valence-electron chi connectivity index (χ0n) is 15.0. The van der Waals surface area contributed by atoms with Crippen LogP contribution in [0.25, 0.3) is 22.1 Å². The summed E-state index contributed by atoms with van der Waals surface area (Å²) >= 11 is 12.1. The van der Waals surface area contributed by atoms with E-state index in [9.17, 15) is 4.79 Å². The number of benzene rings is 3. The summed E-state index contributed by atoms with van der Waals surface area (Å²) in [5.74, 6) is 0.662. The molecule has 3 aromatic carbocycles. The molecule has 3 nitrogen and oxygen atoms in total. The van der Waals surface area contributed by atoms with E-state index in [2.05, 4.69) is 0 Å². The third kappa shape index (κ3) is 3.64. The van der Waals surface area contributed by atoms with Gasteiger partial charge in [-0.15, -0.1) is 0 Å². The lowest BCUT2D eigenvalue weighted by Gasteiger charge is -2.11. The van der Waals surface area contributed by atoms with Gasteiger partial charge in [0.2, 0.25) is 0 Å². The van der Waals surface area contributed by atoms with Gasteiger partial charge >= 0.3 is 5.63 Å². The van der Waals surface area contributed by atoms with E-state index in [0.29, 0.717) is 33.5 Å². The first-order chi connectivity index (χ1) is 13.5. The van der Waals surface area contributed by atoms with Crippen LogP contribution >= 0.6 is 23.2 Å². The number of aryl methyl sites for hydroxylation is 1. The van der Waals surface area contributed by atoms with Crippen molar-refractivity contribution in [1.29, 1.82) is 0 Å². The normalized spacial score (nSPS) is 11.0. The van der Waals surface area contributed by atoms with Gasteiger partial charge in [-0.2, -0.15) is 0 Å². The molecule has 0 saturated heterocycles. The molecule has 4 aromatic rings. The van der Waals surface area contributed by atoms with Gasteiger partial charge in [-0.3, -0.25) is 0 Å². The summed E-state index contributed by atoms with van der Waals surface area (Å²) < 4.78 is 11.4. The monoisotopic (exact) mass is 410 g/mol. The highest BCUT2D eigenvalue weighted by molar-refractivity contribution is 6.35. The van der Waals surface area contributed by atoms with Gasteiger partial charge in [-0.25, -0.2) is 4.79 Å². The molecule has 5 heteroatoms. The average molecular weight is 411 g/mol. The molecule has 28 heavy (non-hydrogen) atoms. The second kappa shape index (κ2) is 7.70. The van der Waals surface area contributed by atoms with Crippen molar-refractivity contribution in [2.45, 2.75) is 13.5 Å². The van der Waals surface area contributed by atoms with Crippen LogP contribution in [0.4, 0.5) is 0 Å². The third-order valence-corrected chi connectivity index (χ3v) is 5.20. The summed E-state index contributed by atoms with van der Waals surface area (Å²) in [5.41, 5.74) is 3.26. The summed E-state index contributed by atoms with van der Waals surface area (Å²) in [6.07, 6.45) is 0. The molecular weight excluding hydrogens is 395 g/mol. The molecule has 4 rings (SSSR count). The Kier molecular flexibility index (Phi) is 5.12. The second-order valence-electron chi connectivity index (χ2n) is 6.44. The summed E-state index contributed by atoms with van der Waals surface area (Å²) in [5, 5.41) is 1.97. The summed E-state index contributed by atoms with van der Waals surface area (Å²) in [6, 6.07) is 20.2. The topological polar surface area (TPSA) is 39.4 Å². The van der Waals surface area contributed by atoms with E-state index in [0.717, 1.165) is 22.1 Å². The minimum Gasteiger partial charge on any atom is -0.489 e. The minimum atomic E-state index is -0.349. The highest BCUT2D eigenvalue weighted by Crippen LogP contribution is 2.30. The third-order valence-electron chi connectivity index (χ3n) is 4.61. The summed E-state index contributed by atoms with van der Waals surface area (Å²) in [4.78, 5) is 12.5. The number of ether oxygens (including phenoxy) is 1. The Morgan fingerprint density at radius 1 is 0.964 bits per heavy atom. The van der Waals surface area contributed by atoms with Gasteiger partial charge in [-0.1, -0.05) is 59.6 Å². The van der Waals surface area contributed by atoms with Crippen molar-refractivity contribution in [3.63, 3.8) is 0 Å². The fourth-order valence-corrected chi connectivity index (χ4v) is 3.62. The van der Waals surface area contributed by atoms with Gasteiger partial charge in [-0.05, 0) is 48.4 Å². The van der Waals surface area contributed by atoms with Crippen LogP contribution in [0.3, 0.4) is 0 Å². The maximum absolute atomic E-state index is 12.5. The molecular formula is C23H16Cl2O3. The van der Waals surface area contributed by atoms with Gasteiger partial charge in [0.1, 0.15) is 17.9 Å². The predicted molar refractivity (Wildman–Crippen MR) is 113 cm³/mol. The Morgan fingerprint density at radius 3 is 2.50 bits per heavy atom. The van der Waals surface area contributed by atoms with Crippen LogP contribution in [-0.2, 0) is 6.61 Å². The molecule has 140 valence electrons. The largest absolute Gasteiger partial charge is 0.489 e. The van der Waals surface area contributed by atoms with E-state index in [-0.39, 0.29) is 5.63 Å². The van der Waals surface area contributed by atoms with Crippen molar-refractivity contribution < 1.29 is 9.15 Å². The van der Waals surface area contributed by atoms with Crippen LogP contribution in [0.5, 0.6) is 5.75 Å². The number of hydrogen-bond donors (Lipinski definition) is 0. The molecule has 0 atom stereocenters. The molecule has 1 heterocycles. The van der Waals surface area contributed by atoms with Crippen LogP contribution in [0.15, 0.2) is 75.9 Å². The van der Waals surface area contributed by atoms with Crippen molar-refractivity contribution in [2.24, 2.45) is 0 Å². The van der Waals surface area contributed by atoms with Crippen LogP contribution in [0.1, 0.15) is 11.1 Å². The van der Waals surface area contributed by atoms with Gasteiger partial charge in [0.25, 0.3) is 0 Å². The molecule has 0 radical (unpaired) electrons. The van der Waals surface area contributed by atoms with E-state index in [1.807, 2.05) is 49.4 Å². The van der Waals surface area contributed by atoms with Crippen LogP contribution < -0.4 is 10.4 Å². The quantitative estimate of drug-likeness (QED) is 0.353. The zero-order valence-corrected chi connectivity index (χ0v) is 16.6. The molecule has 0 aliphatic heterocycles. The lowest BCUT2D eigenvalue weighted by molar-refractivity contribution is 0.306. The first-order valence-corrected chi connectivity index (χ1v) is 9.48. The molecule has 0 bridgehead atoms. The number of fused-ring (bicyclic) bond motifs is 1. The molecule has 0 aliphatic carbocycles. The molecule has 0 unspecified atom stereocenters. The Balaban J connectivity index is 1.71. The fraction of sp³-hybridized carbons (Fsp3) is 0.0870. The Morgan fingerprint density at radius 2 is 1.75 bits per heavy atom. The standard InChI is InChI=1S/C23H16Cl2O3/c1-14-19-12-18(27-13-16-7-8-17(24)11-20(16)25)9-10-21(19)28-23(26)22(14)15-5-3-2-4-6-15/h2-12H,13H2,1H3. The van der Waals surface area contributed by atoms with Gasteiger partial charge in [0.05, 0.1) is 5.56 Å². The van der Waals surface area contributed by atoms with E-state index < -0.39 is 0 Å². The van der Waals surface area contributed by atoms with E-state index in [1.54, 1.807) is 24.3 Å². The average Bonchev–Trinajstić information content (AvgIpc) is 2.68. The summed E-state index contributed by atoms with van der Waals surface area (Å²) in [7, 11) is 0. The molecule has 0 fully saturated rings. The molecule has 0 spiro atoms. The second-order valence-corrected chi connectivity index (χ2v) is 7.28. The van der Waals surface area contributed by atoms with Crippen molar-refractivity contribution in [2.75, 3.05) is 0 Å². The SMILES string of the molecule is Cc1c(-c2ccccc2)c(=O)oc2ccc(OCc3ccc(Cl)cc3Cl)cc12. The first-order valence-electron chi connectivity index (χ1n) is 8.72. The van der Waals surface area contributed by atoms with Crippen LogP contribution in [0, 0.1) is 6.92 Å². The van der Waals surface area contributed by atoms with E-state index >= 15 is 0 Å². The lowest BCUT2D eigenvalue weighted by atomic mass is 9.99. The van der Waals surface area contributed by atoms with Crippen LogP contribution in [-0.4, -0.2) is 0 Å². The highest BCUT2D eigenvalue weighted by atomic mass is 35.5. The first kappa shape index (κ1) is 18.6. The van der Waals surface area contributed by atoms with Crippen molar-refractivity contribution in [3.8, 4) is 16.9 Å². The smallest absolute Gasteiger partial charge is 0.344 e. The maximum atomic E-state index is 12.5. The number of rotatable bonds is 4. The summed E-state index contributed by atoms with van der Waals surface area (Å²) in [6.45, 7) is 2.23. The fourth-order valence-electron chi connectivity index (χ4n) is 3.16. The van der Waals surface area contributed by atoms with Crippen molar-refractivity contribution in [1.82, 2.24) is 0 Å². The number of hydrogen-bond acceptors (Lipinski definition) is 3. The lowest BCUT2D eigenvalue weighted by Crippen LogP contribution is -2.06. The minimum absolute atomic E-state index is 0.308. The highest BCUT2D eigenvalue weighted by Gasteiger charge is 2.14. The molecule has 1 aromatic heterocycles. The van der Waals surface area contributed by atoms with Crippen molar-refractivity contribution in [3.05, 3.63) is 98.3 Å². The Hall–Kier alpha value is -2.75. The maximum Gasteiger partial charge on any atom is 0.344 e. The molecule has 0 saturated carbocycles. The van der Waals surface area contributed by atoms with Gasteiger partial charge in [0.15, 0.2) is 0 Å². The molecule has 0 amide bonds. The Bertz CT molecular complexity index is 1210. The molecule has 0 N–H and O–H groups in total. The Labute approximate surface area is 172 Å². The van der Waals surface area contributed by atoms with Crippen LogP contribution in [0.2, 0.25) is 10.0 Å². The zero-order chi connectivity index (χ0) is 19.7. The van der Waals surface area contributed by atoms with Crippen molar-refractivity contribution >= 4 is 34.2 Å².